The molecule has 3 N–H and O–H groups in total. The van der Waals surface area contributed by atoms with Crippen molar-refractivity contribution in [3.05, 3.63) is 88.4 Å². The Kier molecular flexibility index (Phi) is 8.75. The Morgan fingerprint density at radius 2 is 1.78 bits per heavy atom. The van der Waals surface area contributed by atoms with E-state index in [4.69, 9.17) is 21.1 Å². The molecule has 4 amide bonds. The molecular formula is C31H33ClN4O5. The Hall–Kier alpha value is -4.08. The summed E-state index contributed by atoms with van der Waals surface area (Å²) in [5.41, 5.74) is 3.39. The van der Waals surface area contributed by atoms with Gasteiger partial charge in [0.2, 0.25) is 5.91 Å². The van der Waals surface area contributed by atoms with Gasteiger partial charge >= 0.3 is 6.03 Å². The third-order valence-corrected chi connectivity index (χ3v) is 7.76. The fourth-order valence-electron chi connectivity index (χ4n) is 5.24. The third-order valence-electron chi connectivity index (χ3n) is 7.39. The van der Waals surface area contributed by atoms with Gasteiger partial charge in [-0.1, -0.05) is 41.9 Å². The molecule has 2 heterocycles. The highest BCUT2D eigenvalue weighted by atomic mass is 35.5. The number of aryl methyl sites for hydroxylation is 1. The molecule has 5 rings (SSSR count). The molecule has 1 fully saturated rings. The highest BCUT2D eigenvalue weighted by Gasteiger charge is 2.39. The Morgan fingerprint density at radius 1 is 1.00 bits per heavy atom. The van der Waals surface area contributed by atoms with Gasteiger partial charge in [0.05, 0.1) is 24.1 Å². The normalized spacial score (nSPS) is 20.0. The molecule has 2 aliphatic rings. The fourth-order valence-corrected chi connectivity index (χ4v) is 5.44. The van der Waals surface area contributed by atoms with Crippen LogP contribution in [0.15, 0.2) is 66.7 Å². The van der Waals surface area contributed by atoms with Crippen LogP contribution in [0.1, 0.15) is 40.7 Å². The van der Waals surface area contributed by atoms with E-state index in [0.717, 1.165) is 11.1 Å². The minimum Gasteiger partial charge on any atom is -0.490 e. The summed E-state index contributed by atoms with van der Waals surface area (Å²) in [6.07, 6.45) is 0.843. The zero-order valence-electron chi connectivity index (χ0n) is 23.0. The van der Waals surface area contributed by atoms with E-state index in [-0.39, 0.29) is 43.1 Å². The largest absolute Gasteiger partial charge is 0.490 e. The van der Waals surface area contributed by atoms with Gasteiger partial charge in [0, 0.05) is 30.0 Å². The summed E-state index contributed by atoms with van der Waals surface area (Å²) in [7, 11) is 1.75. The summed E-state index contributed by atoms with van der Waals surface area (Å²) in [6, 6.07) is 19.2. The smallest absolute Gasteiger partial charge is 0.323 e. The summed E-state index contributed by atoms with van der Waals surface area (Å²) in [4.78, 5) is 40.4. The molecule has 0 aliphatic carbocycles. The first-order chi connectivity index (χ1) is 19.8. The maximum Gasteiger partial charge on any atom is 0.323 e. The number of hydrogen-bond acceptors (Lipinski definition) is 5. The summed E-state index contributed by atoms with van der Waals surface area (Å²) in [5.74, 6) is 0.0616. The molecule has 2 aliphatic heterocycles. The summed E-state index contributed by atoms with van der Waals surface area (Å²) in [5, 5.41) is 9.11. The lowest BCUT2D eigenvalue weighted by Crippen LogP contribution is -2.53. The van der Waals surface area contributed by atoms with Crippen LogP contribution in [0.3, 0.4) is 0 Å². The monoisotopic (exact) mass is 576 g/mol. The first-order valence-corrected chi connectivity index (χ1v) is 14.0. The van der Waals surface area contributed by atoms with Gasteiger partial charge in [-0.25, -0.2) is 4.79 Å². The standard InChI is InChI=1S/C31H33ClN4O5/c1-19-6-5-8-21(14-19)34-31(39)35-22-10-13-27-24(15-22)30(38)36(2)26-12-11-23(41-28(26)18-40-27)16-29(37)33-17-20-7-3-4-9-25(20)32/h3-10,13-15,23,26,28H,11-12,16-18H2,1-2H3,(H,33,37)(H2,34,35,39)/t23-,26+,28-/m1/s1. The van der Waals surface area contributed by atoms with Gasteiger partial charge in [-0.15, -0.1) is 0 Å². The molecule has 0 radical (unpaired) electrons. The predicted octanol–water partition coefficient (Wildman–Crippen LogP) is 5.38. The van der Waals surface area contributed by atoms with Crippen LogP contribution in [-0.4, -0.2) is 54.6 Å². The van der Waals surface area contributed by atoms with E-state index in [9.17, 15) is 14.4 Å². The molecule has 0 unspecified atom stereocenters. The van der Waals surface area contributed by atoms with Crippen LogP contribution in [0.4, 0.5) is 16.2 Å². The van der Waals surface area contributed by atoms with E-state index in [0.29, 0.717) is 47.1 Å². The van der Waals surface area contributed by atoms with Gasteiger partial charge in [0.1, 0.15) is 18.5 Å². The highest BCUT2D eigenvalue weighted by Crippen LogP contribution is 2.32. The number of nitrogens with one attached hydrogen (secondary N) is 3. The van der Waals surface area contributed by atoms with Crippen LogP contribution in [-0.2, 0) is 16.1 Å². The van der Waals surface area contributed by atoms with Crippen molar-refractivity contribution in [3.8, 4) is 5.75 Å². The molecule has 3 atom stereocenters. The van der Waals surface area contributed by atoms with Crippen LogP contribution in [0.5, 0.6) is 5.75 Å². The van der Waals surface area contributed by atoms with Crippen LogP contribution >= 0.6 is 11.6 Å². The molecule has 41 heavy (non-hydrogen) atoms. The number of carbonyl (C=O) groups is 3. The number of hydrogen-bond donors (Lipinski definition) is 3. The zero-order chi connectivity index (χ0) is 28.9. The van der Waals surface area contributed by atoms with Crippen molar-refractivity contribution in [2.45, 2.75) is 51.0 Å². The number of amides is 4. The number of urea groups is 1. The van der Waals surface area contributed by atoms with Crippen molar-refractivity contribution in [1.82, 2.24) is 10.2 Å². The van der Waals surface area contributed by atoms with Gasteiger partial charge in [-0.2, -0.15) is 0 Å². The van der Waals surface area contributed by atoms with E-state index in [2.05, 4.69) is 16.0 Å². The third kappa shape index (κ3) is 6.99. The topological polar surface area (TPSA) is 109 Å². The molecule has 9 nitrogen and oxygen atoms in total. The van der Waals surface area contributed by atoms with Crippen molar-refractivity contribution < 1.29 is 23.9 Å². The van der Waals surface area contributed by atoms with Crippen molar-refractivity contribution >= 4 is 40.8 Å². The maximum absolute atomic E-state index is 13.5. The molecular weight excluding hydrogens is 544 g/mol. The van der Waals surface area contributed by atoms with E-state index in [1.54, 1.807) is 42.3 Å². The molecule has 3 aromatic carbocycles. The average molecular weight is 577 g/mol. The summed E-state index contributed by atoms with van der Waals surface area (Å²) in [6.45, 7) is 2.52. The van der Waals surface area contributed by atoms with E-state index in [1.807, 2.05) is 43.3 Å². The number of ether oxygens (including phenoxy) is 2. The van der Waals surface area contributed by atoms with Gasteiger partial charge in [-0.05, 0) is 67.3 Å². The quantitative estimate of drug-likeness (QED) is 0.365. The second-order valence-corrected chi connectivity index (χ2v) is 10.8. The Balaban J connectivity index is 1.20. The second-order valence-electron chi connectivity index (χ2n) is 10.4. The van der Waals surface area contributed by atoms with Crippen LogP contribution in [0.25, 0.3) is 0 Å². The number of benzene rings is 3. The minimum atomic E-state index is -0.411. The lowest BCUT2D eigenvalue weighted by Gasteiger charge is -2.42. The Morgan fingerprint density at radius 3 is 2.56 bits per heavy atom. The summed E-state index contributed by atoms with van der Waals surface area (Å²) >= 11 is 6.19. The number of rotatable bonds is 6. The molecule has 3 aromatic rings. The van der Waals surface area contributed by atoms with Crippen molar-refractivity contribution in [2.24, 2.45) is 0 Å². The molecule has 214 valence electrons. The number of halogens is 1. The first-order valence-electron chi connectivity index (χ1n) is 13.6. The van der Waals surface area contributed by atoms with E-state index >= 15 is 0 Å². The number of likely N-dealkylation sites (N-methyl/N-ethyl adjacent to an activating group) is 1. The van der Waals surface area contributed by atoms with Crippen molar-refractivity contribution in [3.63, 3.8) is 0 Å². The Labute approximate surface area is 244 Å². The molecule has 0 spiro atoms. The van der Waals surface area contributed by atoms with Gasteiger partial charge in [0.25, 0.3) is 5.91 Å². The van der Waals surface area contributed by atoms with Crippen LogP contribution < -0.4 is 20.7 Å². The average Bonchev–Trinajstić information content (AvgIpc) is 2.95. The zero-order valence-corrected chi connectivity index (χ0v) is 23.7. The maximum atomic E-state index is 13.5. The minimum absolute atomic E-state index is 0.124. The van der Waals surface area contributed by atoms with Crippen molar-refractivity contribution in [1.29, 1.82) is 0 Å². The lowest BCUT2D eigenvalue weighted by atomic mass is 9.94. The second kappa shape index (κ2) is 12.6. The first kappa shape index (κ1) is 28.4. The molecule has 0 aromatic heterocycles. The van der Waals surface area contributed by atoms with Crippen LogP contribution in [0, 0.1) is 6.92 Å². The van der Waals surface area contributed by atoms with Crippen LogP contribution in [0.2, 0.25) is 5.02 Å². The SMILES string of the molecule is Cc1cccc(NC(=O)Nc2ccc3c(c2)C(=O)N(C)[C@H]2CC[C@H](CC(=O)NCc4ccccc4Cl)O[C@@H]2CO3)c1. The lowest BCUT2D eigenvalue weighted by molar-refractivity contribution is -0.134. The van der Waals surface area contributed by atoms with Gasteiger partial charge < -0.3 is 30.3 Å². The number of fused-ring (bicyclic) bond motifs is 2. The van der Waals surface area contributed by atoms with E-state index in [1.165, 1.54) is 0 Å². The van der Waals surface area contributed by atoms with Gasteiger partial charge in [-0.3, -0.25) is 9.59 Å². The Bertz CT molecular complexity index is 1450. The van der Waals surface area contributed by atoms with E-state index < -0.39 is 6.03 Å². The molecule has 0 saturated carbocycles. The number of anilines is 2. The molecule has 10 heteroatoms. The molecule has 1 saturated heterocycles. The van der Waals surface area contributed by atoms with Gasteiger partial charge in [0.15, 0.2) is 0 Å². The highest BCUT2D eigenvalue weighted by molar-refractivity contribution is 6.31. The predicted molar refractivity (Wildman–Crippen MR) is 157 cm³/mol. The fraction of sp³-hybridized carbons (Fsp3) is 0.323. The number of nitrogens with zero attached hydrogens (tertiary/aromatic N) is 1. The molecule has 0 bridgehead atoms. The summed E-state index contributed by atoms with van der Waals surface area (Å²) < 4.78 is 12.3. The number of carbonyl (C=O) groups excluding carboxylic acids is 3. The van der Waals surface area contributed by atoms with Crippen molar-refractivity contribution in [2.75, 3.05) is 24.3 Å².